The maximum absolute atomic E-state index is 12.5. The standard InChI is InChI=1S/C21H33NO2/c1-7-8-12-17(2)19(16-15-18-13-10-9-11-14-18)22(6)20(23)24-21(3,4)5/h9-11,13-14,19H,2,7-8,12,15-16H2,1,3-6H3. The minimum atomic E-state index is -0.486. The molecule has 0 spiro atoms. The van der Waals surface area contributed by atoms with Gasteiger partial charge in [-0.15, -0.1) is 0 Å². The summed E-state index contributed by atoms with van der Waals surface area (Å²) in [5, 5.41) is 0. The minimum Gasteiger partial charge on any atom is -0.444 e. The van der Waals surface area contributed by atoms with Crippen LogP contribution in [0.4, 0.5) is 4.79 Å². The second-order valence-corrected chi connectivity index (χ2v) is 7.39. The van der Waals surface area contributed by atoms with Crippen LogP contribution in [0, 0.1) is 0 Å². The molecule has 1 rings (SSSR count). The third-order valence-electron chi connectivity index (χ3n) is 4.02. The van der Waals surface area contributed by atoms with Crippen molar-refractivity contribution in [2.24, 2.45) is 0 Å². The van der Waals surface area contributed by atoms with Crippen molar-refractivity contribution in [3.05, 3.63) is 48.0 Å². The van der Waals surface area contributed by atoms with Gasteiger partial charge in [0.25, 0.3) is 0 Å². The highest BCUT2D eigenvalue weighted by atomic mass is 16.6. The van der Waals surface area contributed by atoms with E-state index in [1.54, 1.807) is 4.90 Å². The van der Waals surface area contributed by atoms with E-state index in [9.17, 15) is 4.79 Å². The first-order chi connectivity index (χ1) is 11.2. The SMILES string of the molecule is C=C(CCCC)C(CCc1ccccc1)N(C)C(=O)OC(C)(C)C. The van der Waals surface area contributed by atoms with Crippen LogP contribution in [0.2, 0.25) is 0 Å². The van der Waals surface area contributed by atoms with Gasteiger partial charge < -0.3 is 9.64 Å². The number of hydrogen-bond donors (Lipinski definition) is 0. The first-order valence-electron chi connectivity index (χ1n) is 8.92. The molecule has 1 aromatic rings. The Balaban J connectivity index is 2.79. The highest BCUT2D eigenvalue weighted by Gasteiger charge is 2.26. The van der Waals surface area contributed by atoms with E-state index in [-0.39, 0.29) is 12.1 Å². The van der Waals surface area contributed by atoms with Crippen molar-refractivity contribution in [2.45, 2.75) is 71.4 Å². The topological polar surface area (TPSA) is 29.5 Å². The Labute approximate surface area is 147 Å². The van der Waals surface area contributed by atoms with Crippen LogP contribution in [0.3, 0.4) is 0 Å². The molecular formula is C21H33NO2. The largest absolute Gasteiger partial charge is 0.444 e. The van der Waals surface area contributed by atoms with E-state index >= 15 is 0 Å². The van der Waals surface area contributed by atoms with E-state index < -0.39 is 5.60 Å². The number of benzene rings is 1. The van der Waals surface area contributed by atoms with Gasteiger partial charge in [-0.1, -0.05) is 55.8 Å². The molecule has 1 unspecified atom stereocenters. The van der Waals surface area contributed by atoms with Gasteiger partial charge in [0.05, 0.1) is 6.04 Å². The van der Waals surface area contributed by atoms with Gasteiger partial charge >= 0.3 is 6.09 Å². The van der Waals surface area contributed by atoms with Gasteiger partial charge in [0, 0.05) is 7.05 Å². The molecule has 0 saturated heterocycles. The Kier molecular flexibility index (Phi) is 8.03. The number of unbranched alkanes of at least 4 members (excludes halogenated alkanes) is 1. The summed E-state index contributed by atoms with van der Waals surface area (Å²) in [6, 6.07) is 10.4. The summed E-state index contributed by atoms with van der Waals surface area (Å²) >= 11 is 0. The average Bonchev–Trinajstić information content (AvgIpc) is 2.52. The van der Waals surface area contributed by atoms with E-state index in [1.165, 1.54) is 5.56 Å². The molecule has 1 atom stereocenters. The smallest absolute Gasteiger partial charge is 0.410 e. The number of nitrogens with zero attached hydrogens (tertiary/aromatic N) is 1. The zero-order valence-electron chi connectivity index (χ0n) is 16.0. The van der Waals surface area contributed by atoms with Gasteiger partial charge in [0.2, 0.25) is 0 Å². The number of carbonyl (C=O) groups is 1. The van der Waals surface area contributed by atoms with Crippen LogP contribution in [0.15, 0.2) is 42.5 Å². The lowest BCUT2D eigenvalue weighted by atomic mass is 9.95. The lowest BCUT2D eigenvalue weighted by Crippen LogP contribution is -2.41. The fourth-order valence-corrected chi connectivity index (χ4v) is 2.65. The highest BCUT2D eigenvalue weighted by Crippen LogP contribution is 2.22. The van der Waals surface area contributed by atoms with Crippen LogP contribution in [0.1, 0.15) is 58.9 Å². The zero-order chi connectivity index (χ0) is 18.2. The first kappa shape index (κ1) is 20.3. The van der Waals surface area contributed by atoms with Crippen molar-refractivity contribution in [1.29, 1.82) is 0 Å². The van der Waals surface area contributed by atoms with Crippen molar-refractivity contribution < 1.29 is 9.53 Å². The fraction of sp³-hybridized carbons (Fsp3) is 0.571. The molecule has 0 aromatic heterocycles. The molecular weight excluding hydrogens is 298 g/mol. The Bertz CT molecular complexity index is 516. The molecule has 1 aromatic carbocycles. The summed E-state index contributed by atoms with van der Waals surface area (Å²) in [6.45, 7) is 12.1. The lowest BCUT2D eigenvalue weighted by Gasteiger charge is -2.32. The molecule has 134 valence electrons. The van der Waals surface area contributed by atoms with Crippen LogP contribution in [-0.4, -0.2) is 29.7 Å². The summed E-state index contributed by atoms with van der Waals surface area (Å²) < 4.78 is 5.53. The zero-order valence-corrected chi connectivity index (χ0v) is 16.0. The van der Waals surface area contributed by atoms with Gasteiger partial charge in [0.1, 0.15) is 5.60 Å². The van der Waals surface area contributed by atoms with E-state index in [4.69, 9.17) is 4.74 Å². The molecule has 0 N–H and O–H groups in total. The van der Waals surface area contributed by atoms with Gasteiger partial charge in [-0.3, -0.25) is 0 Å². The second-order valence-electron chi connectivity index (χ2n) is 7.39. The summed E-state index contributed by atoms with van der Waals surface area (Å²) in [4.78, 5) is 14.2. The quantitative estimate of drug-likeness (QED) is 0.580. The Morgan fingerprint density at radius 1 is 1.25 bits per heavy atom. The third kappa shape index (κ3) is 7.20. The summed E-state index contributed by atoms with van der Waals surface area (Å²) in [7, 11) is 1.82. The van der Waals surface area contributed by atoms with E-state index in [2.05, 4.69) is 25.6 Å². The monoisotopic (exact) mass is 331 g/mol. The predicted octanol–water partition coefficient (Wildman–Crippen LogP) is 5.60. The number of ether oxygens (including phenoxy) is 1. The van der Waals surface area contributed by atoms with E-state index in [0.29, 0.717) is 0 Å². The molecule has 0 saturated carbocycles. The van der Waals surface area contributed by atoms with Crippen molar-refractivity contribution in [1.82, 2.24) is 4.90 Å². The Morgan fingerprint density at radius 3 is 2.42 bits per heavy atom. The first-order valence-corrected chi connectivity index (χ1v) is 8.92. The van der Waals surface area contributed by atoms with E-state index in [1.807, 2.05) is 46.0 Å². The van der Waals surface area contributed by atoms with Crippen molar-refractivity contribution in [2.75, 3.05) is 7.05 Å². The van der Waals surface area contributed by atoms with Gasteiger partial charge in [-0.25, -0.2) is 4.79 Å². The summed E-state index contributed by atoms with van der Waals surface area (Å²) in [5.41, 5.74) is 1.91. The molecule has 0 fully saturated rings. The average molecular weight is 332 g/mol. The number of likely N-dealkylation sites (N-methyl/N-ethyl adjacent to an activating group) is 1. The predicted molar refractivity (Wildman–Crippen MR) is 101 cm³/mol. The highest BCUT2D eigenvalue weighted by molar-refractivity contribution is 5.68. The molecule has 0 radical (unpaired) electrons. The number of hydrogen-bond acceptors (Lipinski definition) is 2. The minimum absolute atomic E-state index is 0.00612. The lowest BCUT2D eigenvalue weighted by molar-refractivity contribution is 0.0240. The molecule has 3 nitrogen and oxygen atoms in total. The maximum Gasteiger partial charge on any atom is 0.410 e. The molecule has 0 heterocycles. The molecule has 0 aliphatic carbocycles. The Morgan fingerprint density at radius 2 is 1.88 bits per heavy atom. The number of aryl methyl sites for hydroxylation is 1. The van der Waals surface area contributed by atoms with Gasteiger partial charge in [-0.05, 0) is 52.0 Å². The molecule has 0 aliphatic rings. The molecule has 0 aliphatic heterocycles. The summed E-state index contributed by atoms with van der Waals surface area (Å²) in [5.74, 6) is 0. The summed E-state index contributed by atoms with van der Waals surface area (Å²) in [6.07, 6.45) is 4.68. The van der Waals surface area contributed by atoms with Crippen molar-refractivity contribution in [3.63, 3.8) is 0 Å². The second kappa shape index (κ2) is 9.51. The molecule has 0 bridgehead atoms. The van der Waals surface area contributed by atoms with Crippen LogP contribution >= 0.6 is 0 Å². The van der Waals surface area contributed by atoms with Crippen molar-refractivity contribution in [3.8, 4) is 0 Å². The third-order valence-corrected chi connectivity index (χ3v) is 4.02. The van der Waals surface area contributed by atoms with Crippen LogP contribution in [-0.2, 0) is 11.2 Å². The molecule has 3 heteroatoms. The van der Waals surface area contributed by atoms with Crippen molar-refractivity contribution >= 4 is 6.09 Å². The fourth-order valence-electron chi connectivity index (χ4n) is 2.65. The van der Waals surface area contributed by atoms with Gasteiger partial charge in [-0.2, -0.15) is 0 Å². The van der Waals surface area contributed by atoms with Gasteiger partial charge in [0.15, 0.2) is 0 Å². The molecule has 24 heavy (non-hydrogen) atoms. The number of amides is 1. The van der Waals surface area contributed by atoms with Crippen LogP contribution in [0.5, 0.6) is 0 Å². The van der Waals surface area contributed by atoms with E-state index in [0.717, 1.165) is 37.7 Å². The van der Waals surface area contributed by atoms with Crippen LogP contribution < -0.4 is 0 Å². The normalized spacial score (nSPS) is 12.5. The maximum atomic E-state index is 12.5. The molecule has 1 amide bonds. The Hall–Kier alpha value is -1.77. The van der Waals surface area contributed by atoms with Crippen LogP contribution in [0.25, 0.3) is 0 Å². The number of rotatable bonds is 8. The number of carbonyl (C=O) groups excluding carboxylic acids is 1.